The number of amides is 2. The van der Waals surface area contributed by atoms with Crippen molar-refractivity contribution >= 4 is 11.7 Å². The summed E-state index contributed by atoms with van der Waals surface area (Å²) in [6.07, 6.45) is 2.20. The van der Waals surface area contributed by atoms with Crippen LogP contribution >= 0.6 is 0 Å². The average molecular weight is 205 g/mol. The minimum atomic E-state index is -0.123. The fourth-order valence-corrected chi connectivity index (χ4v) is 1.49. The summed E-state index contributed by atoms with van der Waals surface area (Å²) in [5.74, 6) is 0. The molecule has 0 saturated heterocycles. The molecular weight excluding hydrogens is 190 g/mol. The molecule has 1 aliphatic carbocycles. The van der Waals surface area contributed by atoms with Crippen molar-refractivity contribution in [3.8, 4) is 0 Å². The van der Waals surface area contributed by atoms with Gasteiger partial charge in [0.05, 0.1) is 0 Å². The van der Waals surface area contributed by atoms with Gasteiger partial charge in [0.25, 0.3) is 0 Å². The van der Waals surface area contributed by atoms with Gasteiger partial charge in [-0.1, -0.05) is 0 Å². The summed E-state index contributed by atoms with van der Waals surface area (Å²) in [6, 6.07) is 3.98. The molecule has 2 rings (SSSR count). The van der Waals surface area contributed by atoms with Gasteiger partial charge in [-0.3, -0.25) is 4.98 Å². The van der Waals surface area contributed by atoms with Crippen LogP contribution in [-0.4, -0.2) is 17.1 Å². The number of aromatic nitrogens is 1. The van der Waals surface area contributed by atoms with Gasteiger partial charge in [0.15, 0.2) is 0 Å². The molecule has 2 amide bonds. The van der Waals surface area contributed by atoms with Gasteiger partial charge in [-0.15, -0.1) is 0 Å². The predicted molar refractivity (Wildman–Crippen MR) is 58.9 cm³/mol. The number of nitrogens with zero attached hydrogens (tertiary/aromatic N) is 1. The first-order valence-electron chi connectivity index (χ1n) is 5.16. The highest BCUT2D eigenvalue weighted by molar-refractivity contribution is 5.89. The van der Waals surface area contributed by atoms with Crippen LogP contribution in [0.25, 0.3) is 0 Å². The van der Waals surface area contributed by atoms with Crippen molar-refractivity contribution in [1.29, 1.82) is 0 Å². The molecule has 0 atom stereocenters. The molecule has 0 unspecified atom stereocenters. The first-order chi connectivity index (χ1) is 7.13. The van der Waals surface area contributed by atoms with Crippen LogP contribution in [0.3, 0.4) is 0 Å². The van der Waals surface area contributed by atoms with Gasteiger partial charge in [-0.25, -0.2) is 4.79 Å². The Kier molecular flexibility index (Phi) is 2.58. The van der Waals surface area contributed by atoms with Crippen LogP contribution in [0, 0.1) is 13.8 Å². The number of rotatable bonds is 2. The van der Waals surface area contributed by atoms with Gasteiger partial charge in [-0.2, -0.15) is 0 Å². The number of carbonyl (C=O) groups excluding carboxylic acids is 1. The zero-order valence-electron chi connectivity index (χ0n) is 9.00. The molecule has 1 saturated carbocycles. The monoisotopic (exact) mass is 205 g/mol. The Morgan fingerprint density at radius 2 is 1.93 bits per heavy atom. The first-order valence-corrected chi connectivity index (χ1v) is 5.16. The SMILES string of the molecule is Cc1cc(NC(=O)NC2CC2)cc(C)n1. The second-order valence-electron chi connectivity index (χ2n) is 4.01. The highest BCUT2D eigenvalue weighted by Crippen LogP contribution is 2.19. The summed E-state index contributed by atoms with van der Waals surface area (Å²) in [5, 5.41) is 5.68. The molecule has 1 aromatic heterocycles. The van der Waals surface area contributed by atoms with Crippen molar-refractivity contribution in [2.24, 2.45) is 0 Å². The van der Waals surface area contributed by atoms with E-state index < -0.39 is 0 Å². The molecule has 0 aliphatic heterocycles. The summed E-state index contributed by atoms with van der Waals surface area (Å²) in [7, 11) is 0. The minimum Gasteiger partial charge on any atom is -0.335 e. The zero-order chi connectivity index (χ0) is 10.8. The maximum atomic E-state index is 11.4. The van der Waals surface area contributed by atoms with Gasteiger partial charge in [0, 0.05) is 23.1 Å². The Morgan fingerprint density at radius 3 is 2.47 bits per heavy atom. The number of pyridine rings is 1. The molecule has 15 heavy (non-hydrogen) atoms. The topological polar surface area (TPSA) is 54.0 Å². The van der Waals surface area contributed by atoms with Gasteiger partial charge < -0.3 is 10.6 Å². The van der Waals surface area contributed by atoms with E-state index in [1.807, 2.05) is 26.0 Å². The Morgan fingerprint density at radius 1 is 1.33 bits per heavy atom. The molecule has 1 aliphatic rings. The maximum Gasteiger partial charge on any atom is 0.319 e. The predicted octanol–water partition coefficient (Wildman–Crippen LogP) is 1.98. The van der Waals surface area contributed by atoms with E-state index in [0.29, 0.717) is 6.04 Å². The lowest BCUT2D eigenvalue weighted by Crippen LogP contribution is -2.30. The fourth-order valence-electron chi connectivity index (χ4n) is 1.49. The number of anilines is 1. The molecule has 0 aromatic carbocycles. The van der Waals surface area contributed by atoms with Gasteiger partial charge >= 0.3 is 6.03 Å². The third kappa shape index (κ3) is 2.94. The number of aryl methyl sites for hydroxylation is 2. The van der Waals surface area contributed by atoms with Crippen molar-refractivity contribution < 1.29 is 4.79 Å². The minimum absolute atomic E-state index is 0.123. The number of hydrogen-bond acceptors (Lipinski definition) is 2. The van der Waals surface area contributed by atoms with Crippen molar-refractivity contribution in [1.82, 2.24) is 10.3 Å². The Balaban J connectivity index is 1.99. The zero-order valence-corrected chi connectivity index (χ0v) is 9.00. The number of carbonyl (C=O) groups is 1. The second-order valence-corrected chi connectivity index (χ2v) is 4.01. The molecule has 1 fully saturated rings. The maximum absolute atomic E-state index is 11.4. The normalized spacial score (nSPS) is 14.8. The lowest BCUT2D eigenvalue weighted by molar-refractivity contribution is 0.251. The highest BCUT2D eigenvalue weighted by Gasteiger charge is 2.23. The fraction of sp³-hybridized carbons (Fsp3) is 0.455. The first kappa shape index (κ1) is 9.96. The average Bonchev–Trinajstić information content (AvgIpc) is 2.85. The van der Waals surface area contributed by atoms with Gasteiger partial charge in [-0.05, 0) is 38.8 Å². The van der Waals surface area contributed by atoms with Crippen LogP contribution < -0.4 is 10.6 Å². The molecule has 1 heterocycles. The molecule has 0 radical (unpaired) electrons. The van der Waals surface area contributed by atoms with E-state index in [2.05, 4.69) is 15.6 Å². The Hall–Kier alpha value is -1.58. The van der Waals surface area contributed by atoms with E-state index in [9.17, 15) is 4.79 Å². The lowest BCUT2D eigenvalue weighted by atomic mass is 10.3. The quantitative estimate of drug-likeness (QED) is 0.775. The van der Waals surface area contributed by atoms with Crippen LogP contribution in [0.2, 0.25) is 0 Å². The van der Waals surface area contributed by atoms with Crippen LogP contribution in [0.1, 0.15) is 24.2 Å². The smallest absolute Gasteiger partial charge is 0.319 e. The van der Waals surface area contributed by atoms with Crippen molar-refractivity contribution in [2.45, 2.75) is 32.7 Å². The summed E-state index contributed by atoms with van der Waals surface area (Å²) >= 11 is 0. The molecule has 4 heteroatoms. The van der Waals surface area contributed by atoms with E-state index in [-0.39, 0.29) is 6.03 Å². The van der Waals surface area contributed by atoms with Crippen molar-refractivity contribution in [3.05, 3.63) is 23.5 Å². The molecule has 1 aromatic rings. The van der Waals surface area contributed by atoms with Crippen LogP contribution in [0.5, 0.6) is 0 Å². The highest BCUT2D eigenvalue weighted by atomic mass is 16.2. The van der Waals surface area contributed by atoms with E-state index in [1.165, 1.54) is 0 Å². The summed E-state index contributed by atoms with van der Waals surface area (Å²) in [4.78, 5) is 15.7. The van der Waals surface area contributed by atoms with Crippen molar-refractivity contribution in [3.63, 3.8) is 0 Å². The lowest BCUT2D eigenvalue weighted by Gasteiger charge is -2.07. The number of hydrogen-bond donors (Lipinski definition) is 2. The van der Waals surface area contributed by atoms with Crippen LogP contribution in [0.4, 0.5) is 10.5 Å². The molecular formula is C11H15N3O. The third-order valence-electron chi connectivity index (χ3n) is 2.25. The molecule has 0 bridgehead atoms. The van der Waals surface area contributed by atoms with Gasteiger partial charge in [0.1, 0.15) is 0 Å². The molecule has 0 spiro atoms. The van der Waals surface area contributed by atoms with E-state index >= 15 is 0 Å². The van der Waals surface area contributed by atoms with Crippen LogP contribution in [-0.2, 0) is 0 Å². The molecule has 2 N–H and O–H groups in total. The standard InChI is InChI=1S/C11H15N3O/c1-7-5-10(6-8(2)12-7)14-11(15)13-9-3-4-9/h5-6,9H,3-4H2,1-2H3,(H2,12,13,14,15). The van der Waals surface area contributed by atoms with Crippen molar-refractivity contribution in [2.75, 3.05) is 5.32 Å². The molecule has 80 valence electrons. The van der Waals surface area contributed by atoms with E-state index in [1.54, 1.807) is 0 Å². The van der Waals surface area contributed by atoms with Gasteiger partial charge in [0.2, 0.25) is 0 Å². The summed E-state index contributed by atoms with van der Waals surface area (Å²) in [5.41, 5.74) is 2.63. The Labute approximate surface area is 89.1 Å². The Bertz CT molecular complexity index is 365. The summed E-state index contributed by atoms with van der Waals surface area (Å²) in [6.45, 7) is 3.83. The second kappa shape index (κ2) is 3.88. The largest absolute Gasteiger partial charge is 0.335 e. The van der Waals surface area contributed by atoms with E-state index in [4.69, 9.17) is 0 Å². The summed E-state index contributed by atoms with van der Waals surface area (Å²) < 4.78 is 0. The van der Waals surface area contributed by atoms with Crippen LogP contribution in [0.15, 0.2) is 12.1 Å². The molecule has 4 nitrogen and oxygen atoms in total. The third-order valence-corrected chi connectivity index (χ3v) is 2.25. The van der Waals surface area contributed by atoms with E-state index in [0.717, 1.165) is 29.9 Å². The number of urea groups is 1. The number of nitrogens with one attached hydrogen (secondary N) is 2.